The first-order valence-corrected chi connectivity index (χ1v) is 11.4. The molecule has 1 unspecified atom stereocenters. The maximum Gasteiger partial charge on any atom is 0.282 e. The van der Waals surface area contributed by atoms with Crippen LogP contribution >= 0.6 is 0 Å². The van der Waals surface area contributed by atoms with Gasteiger partial charge in [-0.1, -0.05) is 30.3 Å². The second-order valence-electron chi connectivity index (χ2n) is 7.64. The predicted molar refractivity (Wildman–Crippen MR) is 115 cm³/mol. The average molecular weight is 423 g/mol. The Labute approximate surface area is 174 Å². The Hall–Kier alpha value is -3.10. The van der Waals surface area contributed by atoms with Gasteiger partial charge in [0.15, 0.2) is 6.39 Å². The van der Waals surface area contributed by atoms with Crippen LogP contribution in [0.1, 0.15) is 23.5 Å². The maximum atomic E-state index is 12.4. The maximum absolute atomic E-state index is 12.4. The molecule has 4 aromatic rings. The van der Waals surface area contributed by atoms with E-state index in [4.69, 9.17) is 4.42 Å². The summed E-state index contributed by atoms with van der Waals surface area (Å²) in [5.41, 5.74) is 4.14. The molecular formula is C22H22N4O3S. The number of benzene rings is 2. The molecular weight excluding hydrogens is 400 g/mol. The summed E-state index contributed by atoms with van der Waals surface area (Å²) in [4.78, 5) is 9.52. The average Bonchev–Trinajstić information content (AvgIpc) is 3.50. The lowest BCUT2D eigenvalue weighted by Crippen LogP contribution is -2.19. The van der Waals surface area contributed by atoms with Crippen molar-refractivity contribution >= 4 is 26.6 Å². The molecule has 30 heavy (non-hydrogen) atoms. The van der Waals surface area contributed by atoms with Crippen LogP contribution in [0.2, 0.25) is 0 Å². The molecule has 0 amide bonds. The number of likely N-dealkylation sites (tertiary alicyclic amines) is 1. The first-order chi connectivity index (χ1) is 14.6. The van der Waals surface area contributed by atoms with Crippen molar-refractivity contribution in [3.8, 4) is 0 Å². The van der Waals surface area contributed by atoms with E-state index in [0.717, 1.165) is 49.8 Å². The zero-order chi connectivity index (χ0) is 20.6. The van der Waals surface area contributed by atoms with Gasteiger partial charge in [-0.15, -0.1) is 0 Å². The van der Waals surface area contributed by atoms with Crippen molar-refractivity contribution in [2.45, 2.75) is 23.9 Å². The molecule has 5 rings (SSSR count). The van der Waals surface area contributed by atoms with Gasteiger partial charge in [0.1, 0.15) is 6.26 Å². The highest BCUT2D eigenvalue weighted by Crippen LogP contribution is 2.31. The minimum absolute atomic E-state index is 0.126. The lowest BCUT2D eigenvalue weighted by Gasteiger charge is -2.16. The molecule has 1 atom stereocenters. The molecule has 1 aliphatic heterocycles. The standard InChI is InChI=1S/C22H22N4O3S/c27-30(28,22-14-29-15-24-22)25-19-5-3-4-16(10-19)17-8-9-26(12-17)13-18-11-23-21-7-2-1-6-20(18)21/h1-7,10-11,14-15,17,23,25H,8-9,12-13H2. The van der Waals surface area contributed by atoms with E-state index in [0.29, 0.717) is 11.6 Å². The molecule has 0 spiro atoms. The highest BCUT2D eigenvalue weighted by Gasteiger charge is 2.25. The molecule has 0 bridgehead atoms. The fourth-order valence-corrected chi connectivity index (χ4v) is 5.06. The Kier molecular flexibility index (Phi) is 4.80. The van der Waals surface area contributed by atoms with E-state index in [1.54, 1.807) is 6.07 Å². The third kappa shape index (κ3) is 3.71. The monoisotopic (exact) mass is 422 g/mol. The molecule has 2 N–H and O–H groups in total. The van der Waals surface area contributed by atoms with E-state index in [1.165, 1.54) is 10.9 Å². The SMILES string of the molecule is O=S(=O)(Nc1cccc(C2CCN(Cc3c[nH]c4ccccc34)C2)c1)c1cocn1. The summed E-state index contributed by atoms with van der Waals surface area (Å²) >= 11 is 0. The van der Waals surface area contributed by atoms with E-state index in [-0.39, 0.29) is 5.03 Å². The Bertz CT molecular complexity index is 1260. The fraction of sp³-hybridized carbons (Fsp3) is 0.227. The van der Waals surface area contributed by atoms with Crippen LogP contribution < -0.4 is 4.72 Å². The smallest absolute Gasteiger partial charge is 0.282 e. The van der Waals surface area contributed by atoms with E-state index < -0.39 is 10.0 Å². The van der Waals surface area contributed by atoms with E-state index in [2.05, 4.69) is 50.1 Å². The van der Waals surface area contributed by atoms with Crippen LogP contribution in [0.15, 0.2) is 76.8 Å². The van der Waals surface area contributed by atoms with Crippen LogP contribution in [0.3, 0.4) is 0 Å². The van der Waals surface area contributed by atoms with Gasteiger partial charge in [-0.25, -0.2) is 4.98 Å². The number of H-pyrrole nitrogens is 1. The number of hydrogen-bond acceptors (Lipinski definition) is 5. The van der Waals surface area contributed by atoms with Crippen molar-refractivity contribution in [3.05, 3.63) is 78.5 Å². The van der Waals surface area contributed by atoms with Gasteiger partial charge in [-0.2, -0.15) is 8.42 Å². The van der Waals surface area contributed by atoms with Gasteiger partial charge in [0.25, 0.3) is 10.0 Å². The fourth-order valence-electron chi connectivity index (χ4n) is 4.15. The molecule has 1 saturated heterocycles. The van der Waals surface area contributed by atoms with Gasteiger partial charge in [0.05, 0.1) is 0 Å². The molecule has 1 aliphatic rings. The summed E-state index contributed by atoms with van der Waals surface area (Å²) in [7, 11) is -3.74. The number of anilines is 1. The number of sulfonamides is 1. The predicted octanol–water partition coefficient (Wildman–Crippen LogP) is 3.95. The lowest BCUT2D eigenvalue weighted by molar-refractivity contribution is 0.328. The van der Waals surface area contributed by atoms with Gasteiger partial charge in [0, 0.05) is 35.9 Å². The molecule has 7 nitrogen and oxygen atoms in total. The largest absolute Gasteiger partial charge is 0.450 e. The van der Waals surface area contributed by atoms with Crippen molar-refractivity contribution in [2.75, 3.05) is 17.8 Å². The zero-order valence-corrected chi connectivity index (χ0v) is 17.1. The summed E-state index contributed by atoms with van der Waals surface area (Å²) in [5.74, 6) is 0.367. The zero-order valence-electron chi connectivity index (χ0n) is 16.3. The lowest BCUT2D eigenvalue weighted by atomic mass is 9.98. The summed E-state index contributed by atoms with van der Waals surface area (Å²) in [6, 6.07) is 16.0. The molecule has 0 radical (unpaired) electrons. The van der Waals surface area contributed by atoms with Crippen molar-refractivity contribution in [3.63, 3.8) is 0 Å². The van der Waals surface area contributed by atoms with Gasteiger partial charge in [0.2, 0.25) is 5.03 Å². The second kappa shape index (κ2) is 7.62. The summed E-state index contributed by atoms with van der Waals surface area (Å²) in [6.07, 6.45) is 5.36. The molecule has 2 aromatic carbocycles. The number of hydrogen-bond donors (Lipinski definition) is 2. The number of aromatic amines is 1. The van der Waals surface area contributed by atoms with Crippen molar-refractivity contribution in [1.29, 1.82) is 0 Å². The molecule has 0 saturated carbocycles. The van der Waals surface area contributed by atoms with Crippen LogP contribution in [0.25, 0.3) is 10.9 Å². The third-order valence-corrected chi connectivity index (χ3v) is 6.89. The summed E-state index contributed by atoms with van der Waals surface area (Å²) in [6.45, 7) is 2.86. The second-order valence-corrected chi connectivity index (χ2v) is 9.27. The minimum Gasteiger partial charge on any atom is -0.450 e. The van der Waals surface area contributed by atoms with E-state index >= 15 is 0 Å². The quantitative estimate of drug-likeness (QED) is 0.491. The molecule has 8 heteroatoms. The van der Waals surface area contributed by atoms with Crippen LogP contribution in [-0.4, -0.2) is 36.4 Å². The van der Waals surface area contributed by atoms with Gasteiger partial charge < -0.3 is 9.40 Å². The number of fused-ring (bicyclic) bond motifs is 1. The minimum atomic E-state index is -3.74. The molecule has 1 fully saturated rings. The summed E-state index contributed by atoms with van der Waals surface area (Å²) in [5, 5.41) is 1.14. The highest BCUT2D eigenvalue weighted by atomic mass is 32.2. The topological polar surface area (TPSA) is 91.2 Å². The van der Waals surface area contributed by atoms with Crippen LogP contribution in [0, 0.1) is 0 Å². The van der Waals surface area contributed by atoms with E-state index in [9.17, 15) is 8.42 Å². The number of aromatic nitrogens is 2. The molecule has 154 valence electrons. The van der Waals surface area contributed by atoms with Crippen molar-refractivity contribution < 1.29 is 12.8 Å². The number of oxazole rings is 1. The normalized spacial score (nSPS) is 17.5. The number of nitrogens with zero attached hydrogens (tertiary/aromatic N) is 2. The van der Waals surface area contributed by atoms with E-state index in [1.807, 2.05) is 18.2 Å². The molecule has 0 aliphatic carbocycles. The Morgan fingerprint density at radius 3 is 2.97 bits per heavy atom. The Morgan fingerprint density at radius 1 is 1.20 bits per heavy atom. The van der Waals surface area contributed by atoms with Gasteiger partial charge in [-0.3, -0.25) is 9.62 Å². The van der Waals surface area contributed by atoms with Crippen molar-refractivity contribution in [2.24, 2.45) is 0 Å². The third-order valence-electron chi connectivity index (χ3n) is 5.64. The van der Waals surface area contributed by atoms with Crippen molar-refractivity contribution in [1.82, 2.24) is 14.9 Å². The Balaban J connectivity index is 1.28. The van der Waals surface area contributed by atoms with Gasteiger partial charge >= 0.3 is 0 Å². The Morgan fingerprint density at radius 2 is 2.10 bits per heavy atom. The number of rotatable bonds is 6. The van der Waals surface area contributed by atoms with Crippen LogP contribution in [0.5, 0.6) is 0 Å². The molecule has 2 aromatic heterocycles. The van der Waals surface area contributed by atoms with Gasteiger partial charge in [-0.05, 0) is 48.2 Å². The number of para-hydroxylation sites is 1. The first-order valence-electron chi connectivity index (χ1n) is 9.87. The van der Waals surface area contributed by atoms with Crippen LogP contribution in [-0.2, 0) is 16.6 Å². The number of nitrogens with one attached hydrogen (secondary N) is 2. The first kappa shape index (κ1) is 18.9. The molecule has 3 heterocycles. The highest BCUT2D eigenvalue weighted by molar-refractivity contribution is 7.92. The summed E-state index contributed by atoms with van der Waals surface area (Å²) < 4.78 is 32.1. The van der Waals surface area contributed by atoms with Crippen LogP contribution in [0.4, 0.5) is 5.69 Å².